The Balaban J connectivity index is 2.08. The van der Waals surface area contributed by atoms with Crippen LogP contribution < -0.4 is 4.90 Å². The summed E-state index contributed by atoms with van der Waals surface area (Å²) in [6, 6.07) is 3.80. The van der Waals surface area contributed by atoms with E-state index in [4.69, 9.17) is 4.74 Å². The first-order valence-electron chi connectivity index (χ1n) is 8.11. The summed E-state index contributed by atoms with van der Waals surface area (Å²) >= 11 is 0. The highest BCUT2D eigenvalue weighted by Crippen LogP contribution is 2.35. The summed E-state index contributed by atoms with van der Waals surface area (Å²) in [7, 11) is -3.90. The lowest BCUT2D eigenvalue weighted by atomic mass is 10.2. The van der Waals surface area contributed by atoms with E-state index in [0.717, 1.165) is 6.07 Å². The van der Waals surface area contributed by atoms with Gasteiger partial charge in [-0.1, -0.05) is 0 Å². The smallest absolute Gasteiger partial charge is 0.270 e. The maximum Gasteiger partial charge on any atom is 0.270 e. The normalized spacial score (nSPS) is 25.3. The lowest BCUT2D eigenvalue weighted by Gasteiger charge is -2.30. The van der Waals surface area contributed by atoms with Crippen molar-refractivity contribution < 1.29 is 23.2 Å². The molecule has 2 fully saturated rings. The summed E-state index contributed by atoms with van der Waals surface area (Å²) in [6.45, 7) is 3.20. The van der Waals surface area contributed by atoms with Crippen molar-refractivity contribution in [2.45, 2.75) is 30.4 Å². The number of hydrogen-bond acceptors (Lipinski definition) is 7. The van der Waals surface area contributed by atoms with Gasteiger partial charge in [-0.25, -0.2) is 8.42 Å². The van der Waals surface area contributed by atoms with Gasteiger partial charge in [-0.05, 0) is 19.4 Å². The average molecular weight is 371 g/mol. The van der Waals surface area contributed by atoms with Crippen molar-refractivity contribution >= 4 is 21.4 Å². The fourth-order valence-corrected chi connectivity index (χ4v) is 4.95. The standard InChI is InChI=1S/C15H21N3O6S/c1-11-8-13(19)10-17(11)14-3-2-12(18(20)21)9-15(14)25(22,23)16-4-6-24-7-5-16/h2-3,9,11,13,19H,4-8,10H2,1H3/t11-,13+/m0/s1. The molecule has 2 aliphatic heterocycles. The fourth-order valence-electron chi connectivity index (χ4n) is 3.32. The lowest BCUT2D eigenvalue weighted by molar-refractivity contribution is -0.385. The van der Waals surface area contributed by atoms with Crippen LogP contribution in [-0.4, -0.2) is 67.7 Å². The van der Waals surface area contributed by atoms with E-state index in [0.29, 0.717) is 31.9 Å². The number of aliphatic hydroxyl groups excluding tert-OH is 1. The van der Waals surface area contributed by atoms with Crippen LogP contribution in [0.4, 0.5) is 11.4 Å². The molecule has 9 nitrogen and oxygen atoms in total. The molecule has 2 aliphatic rings. The second-order valence-corrected chi connectivity index (χ2v) is 8.22. The molecule has 10 heteroatoms. The first-order chi connectivity index (χ1) is 11.8. The third-order valence-corrected chi connectivity index (χ3v) is 6.53. The van der Waals surface area contributed by atoms with Crippen molar-refractivity contribution in [1.29, 1.82) is 0 Å². The average Bonchev–Trinajstić information content (AvgIpc) is 2.93. The van der Waals surface area contributed by atoms with Crippen LogP contribution in [0.2, 0.25) is 0 Å². The van der Waals surface area contributed by atoms with Gasteiger partial charge in [0.1, 0.15) is 4.90 Å². The Morgan fingerprint density at radius 3 is 2.56 bits per heavy atom. The van der Waals surface area contributed by atoms with E-state index in [2.05, 4.69) is 0 Å². The first kappa shape index (κ1) is 18.1. The highest BCUT2D eigenvalue weighted by molar-refractivity contribution is 7.89. The van der Waals surface area contributed by atoms with Crippen LogP contribution >= 0.6 is 0 Å². The summed E-state index contributed by atoms with van der Waals surface area (Å²) in [5.74, 6) is 0. The zero-order chi connectivity index (χ0) is 18.2. The number of ether oxygens (including phenoxy) is 1. The largest absolute Gasteiger partial charge is 0.391 e. The van der Waals surface area contributed by atoms with E-state index >= 15 is 0 Å². The number of rotatable bonds is 4. The summed E-state index contributed by atoms with van der Waals surface area (Å²) in [6.07, 6.45) is -0.0299. The molecule has 25 heavy (non-hydrogen) atoms. The fraction of sp³-hybridized carbons (Fsp3) is 0.600. The summed E-state index contributed by atoms with van der Waals surface area (Å²) in [4.78, 5) is 12.2. The van der Waals surface area contributed by atoms with E-state index in [1.807, 2.05) is 6.92 Å². The monoisotopic (exact) mass is 371 g/mol. The van der Waals surface area contributed by atoms with Crippen LogP contribution in [0.5, 0.6) is 0 Å². The minimum Gasteiger partial charge on any atom is -0.391 e. The molecular formula is C15H21N3O6S. The van der Waals surface area contributed by atoms with Crippen molar-refractivity contribution in [3.05, 3.63) is 28.3 Å². The number of nitro benzene ring substituents is 1. The van der Waals surface area contributed by atoms with Gasteiger partial charge in [0.25, 0.3) is 5.69 Å². The SMILES string of the molecule is C[C@H]1C[C@@H](O)CN1c1ccc([N+](=O)[O-])cc1S(=O)(=O)N1CCOCC1. The minimum absolute atomic E-state index is 0.0601. The van der Waals surface area contributed by atoms with Gasteiger partial charge in [-0.2, -0.15) is 4.31 Å². The van der Waals surface area contributed by atoms with Crippen molar-refractivity contribution in [2.75, 3.05) is 37.7 Å². The molecule has 1 aromatic carbocycles. The lowest BCUT2D eigenvalue weighted by Crippen LogP contribution is -2.41. The number of hydrogen-bond donors (Lipinski definition) is 1. The van der Waals surface area contributed by atoms with Gasteiger partial charge in [-0.3, -0.25) is 10.1 Å². The summed E-state index contributed by atoms with van der Waals surface area (Å²) < 4.78 is 32.7. The van der Waals surface area contributed by atoms with E-state index in [1.54, 1.807) is 4.90 Å². The molecule has 0 unspecified atom stereocenters. The van der Waals surface area contributed by atoms with Crippen LogP contribution in [0.1, 0.15) is 13.3 Å². The topological polar surface area (TPSA) is 113 Å². The van der Waals surface area contributed by atoms with Gasteiger partial charge in [0.2, 0.25) is 10.0 Å². The number of nitrogens with zero attached hydrogens (tertiary/aromatic N) is 3. The molecule has 138 valence electrons. The highest BCUT2D eigenvalue weighted by atomic mass is 32.2. The number of non-ortho nitro benzene ring substituents is 1. The van der Waals surface area contributed by atoms with Crippen molar-refractivity contribution in [3.63, 3.8) is 0 Å². The van der Waals surface area contributed by atoms with Gasteiger partial charge in [0.15, 0.2) is 0 Å². The molecule has 3 rings (SSSR count). The molecule has 0 aromatic heterocycles. The van der Waals surface area contributed by atoms with Gasteiger partial charge >= 0.3 is 0 Å². The number of morpholine rings is 1. The van der Waals surface area contributed by atoms with Crippen LogP contribution in [0.3, 0.4) is 0 Å². The van der Waals surface area contributed by atoms with Crippen molar-refractivity contribution in [3.8, 4) is 0 Å². The maximum absolute atomic E-state index is 13.1. The first-order valence-corrected chi connectivity index (χ1v) is 9.56. The minimum atomic E-state index is -3.90. The Bertz CT molecular complexity index is 763. The number of sulfonamides is 1. The summed E-state index contributed by atoms with van der Waals surface area (Å²) in [5, 5.41) is 21.0. The zero-order valence-corrected chi connectivity index (χ0v) is 14.7. The van der Waals surface area contributed by atoms with E-state index < -0.39 is 21.1 Å². The number of aliphatic hydroxyl groups is 1. The van der Waals surface area contributed by atoms with Gasteiger partial charge in [-0.15, -0.1) is 0 Å². The molecule has 2 saturated heterocycles. The number of anilines is 1. The maximum atomic E-state index is 13.1. The molecule has 0 saturated carbocycles. The van der Waals surface area contributed by atoms with Crippen molar-refractivity contribution in [2.24, 2.45) is 0 Å². The number of β-amino-alcohol motifs (C(OH)–C–C–N with tert-alkyl or cyclic N) is 1. The van der Waals surface area contributed by atoms with E-state index in [9.17, 15) is 23.6 Å². The Labute approximate surface area is 146 Å². The van der Waals surface area contributed by atoms with Gasteiger partial charge in [0.05, 0.1) is 29.9 Å². The zero-order valence-electron chi connectivity index (χ0n) is 13.9. The Morgan fingerprint density at radius 2 is 2.00 bits per heavy atom. The third kappa shape index (κ3) is 3.47. The van der Waals surface area contributed by atoms with Crippen LogP contribution in [0.15, 0.2) is 23.1 Å². The molecular weight excluding hydrogens is 350 g/mol. The predicted octanol–water partition coefficient (Wildman–Crippen LogP) is 0.575. The molecule has 1 aromatic rings. The van der Waals surface area contributed by atoms with Gasteiger partial charge < -0.3 is 14.7 Å². The Morgan fingerprint density at radius 1 is 1.32 bits per heavy atom. The molecule has 1 N–H and O–H groups in total. The predicted molar refractivity (Wildman–Crippen MR) is 90.1 cm³/mol. The quantitative estimate of drug-likeness (QED) is 0.608. The molecule has 2 atom stereocenters. The third-order valence-electron chi connectivity index (χ3n) is 4.60. The second-order valence-electron chi connectivity index (χ2n) is 6.32. The second kappa shape index (κ2) is 6.87. The Hall–Kier alpha value is -1.75. The highest BCUT2D eigenvalue weighted by Gasteiger charge is 2.35. The number of nitro groups is 1. The van der Waals surface area contributed by atoms with Crippen molar-refractivity contribution in [1.82, 2.24) is 4.31 Å². The molecule has 0 aliphatic carbocycles. The van der Waals surface area contributed by atoms with Crippen LogP contribution in [0.25, 0.3) is 0 Å². The summed E-state index contributed by atoms with van der Waals surface area (Å²) in [5.41, 5.74) is 0.115. The molecule has 2 heterocycles. The van der Waals surface area contributed by atoms with Crippen LogP contribution in [-0.2, 0) is 14.8 Å². The van der Waals surface area contributed by atoms with Gasteiger partial charge in [0, 0.05) is 37.8 Å². The molecule has 0 radical (unpaired) electrons. The molecule has 0 bridgehead atoms. The molecule has 0 spiro atoms. The Kier molecular flexibility index (Phi) is 4.96. The number of benzene rings is 1. The van der Waals surface area contributed by atoms with E-state index in [1.165, 1.54) is 16.4 Å². The van der Waals surface area contributed by atoms with Crippen LogP contribution in [0, 0.1) is 10.1 Å². The van der Waals surface area contributed by atoms with E-state index in [-0.39, 0.29) is 29.7 Å². The molecule has 0 amide bonds.